The monoisotopic (exact) mass is 261 g/mol. The summed E-state index contributed by atoms with van der Waals surface area (Å²) in [4.78, 5) is 0. The molecule has 0 radical (unpaired) electrons. The Morgan fingerprint density at radius 3 is 2.32 bits per heavy atom. The summed E-state index contributed by atoms with van der Waals surface area (Å²) in [5, 5.41) is 17.3. The van der Waals surface area contributed by atoms with Crippen molar-refractivity contribution >= 4 is 5.71 Å². The molecule has 0 aliphatic heterocycles. The highest BCUT2D eigenvalue weighted by Crippen LogP contribution is 2.20. The number of aryl methyl sites for hydroxylation is 1. The van der Waals surface area contributed by atoms with E-state index >= 15 is 0 Å². The highest BCUT2D eigenvalue weighted by atomic mass is 16.3. The number of unbranched alkanes of at least 4 members (excludes halogenated alkanes) is 6. The van der Waals surface area contributed by atoms with Gasteiger partial charge in [-0.3, -0.25) is 0 Å². The average molecular weight is 261 g/mol. The Morgan fingerprint density at radius 2 is 1.68 bits per heavy atom. The number of phenols is 1. The largest absolute Gasteiger partial charge is 0.507 e. The molecular weight excluding hydrogens is 234 g/mol. The van der Waals surface area contributed by atoms with E-state index in [1.807, 2.05) is 12.1 Å². The first-order valence-corrected chi connectivity index (χ1v) is 7.52. The number of hydrogen-bond acceptors (Lipinski definition) is 2. The van der Waals surface area contributed by atoms with Gasteiger partial charge in [-0.2, -0.15) is 0 Å². The molecule has 1 aromatic rings. The van der Waals surface area contributed by atoms with E-state index in [9.17, 15) is 5.11 Å². The Hall–Kier alpha value is -1.31. The van der Waals surface area contributed by atoms with E-state index in [4.69, 9.17) is 5.41 Å². The Morgan fingerprint density at radius 1 is 1.05 bits per heavy atom. The van der Waals surface area contributed by atoms with E-state index in [2.05, 4.69) is 6.92 Å². The summed E-state index contributed by atoms with van der Waals surface area (Å²) in [7, 11) is 0. The molecule has 0 unspecified atom stereocenters. The molecule has 0 saturated carbocycles. The van der Waals surface area contributed by atoms with E-state index in [-0.39, 0.29) is 5.75 Å². The summed E-state index contributed by atoms with van der Waals surface area (Å²) >= 11 is 0. The van der Waals surface area contributed by atoms with Crippen LogP contribution in [-0.4, -0.2) is 10.8 Å². The van der Waals surface area contributed by atoms with Gasteiger partial charge in [0.25, 0.3) is 0 Å². The predicted octanol–water partition coefficient (Wildman–Crippen LogP) is 5.07. The summed E-state index contributed by atoms with van der Waals surface area (Å²) in [6, 6.07) is 5.64. The lowest BCUT2D eigenvalue weighted by atomic mass is 10.0. The number of rotatable bonds is 9. The standard InChI is InChI=1S/C17H27NO/c1-3-4-5-6-7-8-9-10-15-11-12-17(19)16(13-15)14(2)18/h11-13,18-19H,3-10H2,1-2H3. The molecular formula is C17H27NO. The van der Waals surface area contributed by atoms with E-state index in [1.54, 1.807) is 13.0 Å². The predicted molar refractivity (Wildman–Crippen MR) is 82.3 cm³/mol. The molecule has 0 bridgehead atoms. The van der Waals surface area contributed by atoms with Gasteiger partial charge in [-0.15, -0.1) is 0 Å². The van der Waals surface area contributed by atoms with Crippen LogP contribution in [0.15, 0.2) is 18.2 Å². The van der Waals surface area contributed by atoms with E-state index in [1.165, 1.54) is 50.5 Å². The molecule has 2 nitrogen and oxygen atoms in total. The second-order valence-electron chi connectivity index (χ2n) is 5.35. The van der Waals surface area contributed by atoms with Gasteiger partial charge in [0, 0.05) is 11.3 Å². The van der Waals surface area contributed by atoms with Crippen LogP contribution in [0.2, 0.25) is 0 Å². The van der Waals surface area contributed by atoms with Gasteiger partial charge in [-0.1, -0.05) is 51.5 Å². The maximum atomic E-state index is 9.66. The van der Waals surface area contributed by atoms with Gasteiger partial charge >= 0.3 is 0 Å². The first-order chi connectivity index (χ1) is 9.15. The molecule has 0 aliphatic rings. The van der Waals surface area contributed by atoms with Crippen molar-refractivity contribution in [1.82, 2.24) is 0 Å². The zero-order chi connectivity index (χ0) is 14.1. The molecule has 1 rings (SSSR count). The van der Waals surface area contributed by atoms with Crippen molar-refractivity contribution in [1.29, 1.82) is 5.41 Å². The summed E-state index contributed by atoms with van der Waals surface area (Å²) in [5.41, 5.74) is 2.33. The Bertz CT molecular complexity index is 398. The van der Waals surface area contributed by atoms with Gasteiger partial charge in [-0.05, 0) is 37.5 Å². The molecule has 0 amide bonds. The highest BCUT2D eigenvalue weighted by molar-refractivity contribution is 5.98. The van der Waals surface area contributed by atoms with E-state index < -0.39 is 0 Å². The minimum absolute atomic E-state index is 0.218. The molecule has 0 fully saturated rings. The van der Waals surface area contributed by atoms with Gasteiger partial charge in [0.2, 0.25) is 0 Å². The van der Waals surface area contributed by atoms with Crippen LogP contribution in [-0.2, 0) is 6.42 Å². The SMILES string of the molecule is CCCCCCCCCc1ccc(O)c(C(C)=N)c1. The number of aromatic hydroxyl groups is 1. The lowest BCUT2D eigenvalue weighted by Crippen LogP contribution is -1.95. The number of phenolic OH excluding ortho intramolecular Hbond substituents is 1. The van der Waals surface area contributed by atoms with Crippen LogP contribution in [0, 0.1) is 5.41 Å². The van der Waals surface area contributed by atoms with Crippen LogP contribution >= 0.6 is 0 Å². The lowest BCUT2D eigenvalue weighted by Gasteiger charge is -2.07. The van der Waals surface area contributed by atoms with Crippen molar-refractivity contribution in [2.45, 2.75) is 65.2 Å². The Labute approximate surface area is 117 Å². The van der Waals surface area contributed by atoms with E-state index in [0.717, 1.165) is 6.42 Å². The van der Waals surface area contributed by atoms with Crippen LogP contribution < -0.4 is 0 Å². The van der Waals surface area contributed by atoms with Crippen molar-refractivity contribution in [3.05, 3.63) is 29.3 Å². The molecule has 106 valence electrons. The highest BCUT2D eigenvalue weighted by Gasteiger charge is 2.04. The molecule has 0 aliphatic carbocycles. The van der Waals surface area contributed by atoms with Gasteiger partial charge in [0.15, 0.2) is 0 Å². The summed E-state index contributed by atoms with van der Waals surface area (Å²) < 4.78 is 0. The fourth-order valence-electron chi connectivity index (χ4n) is 2.33. The summed E-state index contributed by atoms with van der Waals surface area (Å²) in [5.74, 6) is 0.218. The smallest absolute Gasteiger partial charge is 0.124 e. The average Bonchev–Trinajstić information content (AvgIpc) is 2.39. The normalized spacial score (nSPS) is 10.6. The molecule has 0 atom stereocenters. The first kappa shape index (κ1) is 15.7. The number of hydrogen-bond donors (Lipinski definition) is 2. The zero-order valence-electron chi connectivity index (χ0n) is 12.3. The molecule has 0 heterocycles. The maximum Gasteiger partial charge on any atom is 0.124 e. The quantitative estimate of drug-likeness (QED) is 0.473. The minimum Gasteiger partial charge on any atom is -0.507 e. The zero-order valence-corrected chi connectivity index (χ0v) is 12.3. The molecule has 0 aromatic heterocycles. The summed E-state index contributed by atoms with van der Waals surface area (Å²) in [6.07, 6.45) is 10.3. The number of nitrogens with one attached hydrogen (secondary N) is 1. The third kappa shape index (κ3) is 5.91. The van der Waals surface area contributed by atoms with Crippen LogP contribution in [0.3, 0.4) is 0 Å². The molecule has 1 aromatic carbocycles. The van der Waals surface area contributed by atoms with Crippen molar-refractivity contribution in [3.8, 4) is 5.75 Å². The second kappa shape index (κ2) is 8.73. The van der Waals surface area contributed by atoms with Gasteiger partial charge in [-0.25, -0.2) is 0 Å². The minimum atomic E-state index is 0.218. The topological polar surface area (TPSA) is 44.1 Å². The van der Waals surface area contributed by atoms with Gasteiger partial charge in [0.05, 0.1) is 0 Å². The van der Waals surface area contributed by atoms with Gasteiger partial charge in [0.1, 0.15) is 5.75 Å². The van der Waals surface area contributed by atoms with Crippen LogP contribution in [0.4, 0.5) is 0 Å². The molecule has 2 N–H and O–H groups in total. The third-order valence-electron chi connectivity index (χ3n) is 3.53. The molecule has 0 saturated heterocycles. The third-order valence-corrected chi connectivity index (χ3v) is 3.53. The van der Waals surface area contributed by atoms with E-state index in [0.29, 0.717) is 11.3 Å². The molecule has 19 heavy (non-hydrogen) atoms. The van der Waals surface area contributed by atoms with Crippen molar-refractivity contribution in [3.63, 3.8) is 0 Å². The van der Waals surface area contributed by atoms with Crippen LogP contribution in [0.25, 0.3) is 0 Å². The van der Waals surface area contributed by atoms with Crippen molar-refractivity contribution in [2.24, 2.45) is 0 Å². The fraction of sp³-hybridized carbons (Fsp3) is 0.588. The molecule has 0 spiro atoms. The lowest BCUT2D eigenvalue weighted by molar-refractivity contribution is 0.473. The maximum absolute atomic E-state index is 9.66. The van der Waals surface area contributed by atoms with Crippen molar-refractivity contribution < 1.29 is 5.11 Å². The number of benzene rings is 1. The second-order valence-corrected chi connectivity index (χ2v) is 5.35. The summed E-state index contributed by atoms with van der Waals surface area (Å²) in [6.45, 7) is 3.96. The fourth-order valence-corrected chi connectivity index (χ4v) is 2.33. The Kier molecular flexibility index (Phi) is 7.24. The Balaban J connectivity index is 2.30. The van der Waals surface area contributed by atoms with Crippen LogP contribution in [0.1, 0.15) is 69.9 Å². The first-order valence-electron chi connectivity index (χ1n) is 7.52. The van der Waals surface area contributed by atoms with Gasteiger partial charge < -0.3 is 10.5 Å². The van der Waals surface area contributed by atoms with Crippen LogP contribution in [0.5, 0.6) is 5.75 Å². The molecule has 2 heteroatoms. The van der Waals surface area contributed by atoms with Crippen molar-refractivity contribution in [2.75, 3.05) is 0 Å².